The normalized spacial score (nSPS) is 23.1. The molecule has 0 unspecified atom stereocenters. The Morgan fingerprint density at radius 2 is 1.97 bits per heavy atom. The van der Waals surface area contributed by atoms with Crippen LogP contribution >= 0.6 is 0 Å². The predicted molar refractivity (Wildman–Crippen MR) is 111 cm³/mol. The van der Waals surface area contributed by atoms with E-state index in [-0.39, 0.29) is 17.1 Å². The van der Waals surface area contributed by atoms with Crippen LogP contribution in [0.4, 0.5) is 4.79 Å². The Kier molecular flexibility index (Phi) is 5.57. The number of amides is 1. The van der Waals surface area contributed by atoms with Crippen LogP contribution in [0, 0.1) is 11.8 Å². The summed E-state index contributed by atoms with van der Waals surface area (Å²) in [5.74, 6) is 1.44. The first-order valence-electron chi connectivity index (χ1n) is 10.4. The number of rotatable bonds is 6. The molecule has 3 atom stereocenters. The molecule has 1 amide bonds. The van der Waals surface area contributed by atoms with Gasteiger partial charge in [0, 0.05) is 12.6 Å². The maximum atomic E-state index is 13.1. The molecule has 8 nitrogen and oxygen atoms in total. The van der Waals surface area contributed by atoms with Crippen molar-refractivity contribution in [2.45, 2.75) is 62.5 Å². The Morgan fingerprint density at radius 3 is 2.53 bits per heavy atom. The molecule has 2 fully saturated rings. The molecule has 0 saturated heterocycles. The molecule has 0 N–H and O–H groups in total. The van der Waals surface area contributed by atoms with Gasteiger partial charge in [-0.2, -0.15) is 4.68 Å². The molecule has 0 spiro atoms. The SMILES string of the molecule is COc1ccc(CN(C(=O)n2cnc(S(=O)(=O)[C@@H]3C[C@H]4CC[C@@H]3C4)n2)C(C)C)cc1. The van der Waals surface area contributed by atoms with Gasteiger partial charge in [0.15, 0.2) is 0 Å². The zero-order chi connectivity index (χ0) is 21.5. The first kappa shape index (κ1) is 20.8. The molecule has 2 saturated carbocycles. The highest BCUT2D eigenvalue weighted by atomic mass is 32.2. The standard InChI is InChI=1S/C21H28N4O4S/c1-14(2)24(12-15-5-8-18(29-3)9-6-15)21(26)25-13-22-20(23-25)30(27,28)19-11-16-4-7-17(19)10-16/h5-6,8-9,13-14,16-17,19H,4,7,10-12H2,1-3H3/t16-,17+,19+/m0/s1. The number of hydrogen-bond donors (Lipinski definition) is 0. The van der Waals surface area contributed by atoms with Crippen molar-refractivity contribution in [3.05, 3.63) is 36.2 Å². The second-order valence-electron chi connectivity index (χ2n) is 8.58. The molecule has 2 aromatic rings. The summed E-state index contributed by atoms with van der Waals surface area (Å²) in [5.41, 5.74) is 0.938. The predicted octanol–water partition coefficient (Wildman–Crippen LogP) is 3.13. The zero-order valence-corrected chi connectivity index (χ0v) is 18.4. The summed E-state index contributed by atoms with van der Waals surface area (Å²) in [5, 5.41) is 3.44. The van der Waals surface area contributed by atoms with Crippen molar-refractivity contribution in [1.29, 1.82) is 0 Å². The van der Waals surface area contributed by atoms with Crippen LogP contribution in [0.15, 0.2) is 35.7 Å². The maximum absolute atomic E-state index is 13.1. The minimum absolute atomic E-state index is 0.102. The zero-order valence-electron chi connectivity index (χ0n) is 17.6. The van der Waals surface area contributed by atoms with Crippen LogP contribution in [0.2, 0.25) is 0 Å². The number of hydrogen-bond acceptors (Lipinski definition) is 6. The smallest absolute Gasteiger partial charge is 0.346 e. The molecule has 1 aromatic carbocycles. The van der Waals surface area contributed by atoms with Crippen LogP contribution in [0.3, 0.4) is 0 Å². The van der Waals surface area contributed by atoms with E-state index in [0.717, 1.165) is 35.3 Å². The molecular weight excluding hydrogens is 404 g/mol. The number of ether oxygens (including phenoxy) is 1. The largest absolute Gasteiger partial charge is 0.497 e. The van der Waals surface area contributed by atoms with Crippen LogP contribution in [0.5, 0.6) is 5.75 Å². The van der Waals surface area contributed by atoms with Crippen molar-refractivity contribution >= 4 is 15.9 Å². The third-order valence-electron chi connectivity index (χ3n) is 6.37. The Bertz CT molecular complexity index is 1020. The van der Waals surface area contributed by atoms with Gasteiger partial charge in [-0.05, 0) is 62.6 Å². The number of fused-ring (bicyclic) bond motifs is 2. The summed E-state index contributed by atoms with van der Waals surface area (Å²) in [6.45, 7) is 4.19. The van der Waals surface area contributed by atoms with Crippen LogP contribution in [0.25, 0.3) is 0 Å². The number of sulfone groups is 1. The van der Waals surface area contributed by atoms with Gasteiger partial charge < -0.3 is 9.64 Å². The fraction of sp³-hybridized carbons (Fsp3) is 0.571. The van der Waals surface area contributed by atoms with Crippen LogP contribution in [0.1, 0.15) is 45.1 Å². The molecule has 1 aromatic heterocycles. The van der Waals surface area contributed by atoms with Gasteiger partial charge in [-0.1, -0.05) is 18.6 Å². The first-order valence-corrected chi connectivity index (χ1v) is 11.9. The third-order valence-corrected chi connectivity index (χ3v) is 8.44. The van der Waals surface area contributed by atoms with Crippen LogP contribution < -0.4 is 4.74 Å². The summed E-state index contributed by atoms with van der Waals surface area (Å²) < 4.78 is 32.3. The Balaban J connectivity index is 1.52. The average Bonchev–Trinajstić information content (AvgIpc) is 3.49. The van der Waals surface area contributed by atoms with Crippen molar-refractivity contribution in [1.82, 2.24) is 19.7 Å². The van der Waals surface area contributed by atoms with E-state index in [0.29, 0.717) is 18.9 Å². The number of carbonyl (C=O) groups excluding carboxylic acids is 1. The molecule has 2 bridgehead atoms. The fourth-order valence-corrected chi connectivity index (χ4v) is 6.65. The van der Waals surface area contributed by atoms with Crippen molar-refractivity contribution in [2.75, 3.05) is 7.11 Å². The van der Waals surface area contributed by atoms with E-state index in [4.69, 9.17) is 4.74 Å². The Morgan fingerprint density at radius 1 is 1.23 bits per heavy atom. The number of carbonyl (C=O) groups is 1. The van der Waals surface area contributed by atoms with E-state index in [9.17, 15) is 13.2 Å². The number of aromatic nitrogens is 3. The van der Waals surface area contributed by atoms with Gasteiger partial charge >= 0.3 is 6.03 Å². The lowest BCUT2D eigenvalue weighted by Crippen LogP contribution is -2.39. The molecule has 2 aliphatic rings. The average molecular weight is 433 g/mol. The molecule has 4 rings (SSSR count). The second-order valence-corrected chi connectivity index (χ2v) is 10.6. The van der Waals surface area contributed by atoms with E-state index in [2.05, 4.69) is 10.1 Å². The summed E-state index contributed by atoms with van der Waals surface area (Å²) in [6, 6.07) is 6.97. The van der Waals surface area contributed by atoms with E-state index < -0.39 is 21.1 Å². The maximum Gasteiger partial charge on any atom is 0.346 e. The minimum atomic E-state index is -3.62. The van der Waals surface area contributed by atoms with Crippen molar-refractivity contribution < 1.29 is 17.9 Å². The molecular formula is C21H28N4O4S. The molecule has 30 heavy (non-hydrogen) atoms. The lowest BCUT2D eigenvalue weighted by Gasteiger charge is -2.26. The molecule has 1 heterocycles. The number of nitrogens with zero attached hydrogens (tertiary/aromatic N) is 4. The summed E-state index contributed by atoms with van der Waals surface area (Å²) >= 11 is 0. The van der Waals surface area contributed by atoms with E-state index in [1.54, 1.807) is 12.0 Å². The molecule has 162 valence electrons. The first-order chi connectivity index (χ1) is 14.3. The van der Waals surface area contributed by atoms with Crippen LogP contribution in [-0.2, 0) is 16.4 Å². The van der Waals surface area contributed by atoms with Gasteiger partial charge in [0.1, 0.15) is 12.1 Å². The van der Waals surface area contributed by atoms with Gasteiger partial charge in [-0.15, -0.1) is 5.10 Å². The van der Waals surface area contributed by atoms with Gasteiger partial charge in [0.05, 0.1) is 12.4 Å². The highest BCUT2D eigenvalue weighted by Crippen LogP contribution is 2.48. The second kappa shape index (κ2) is 8.02. The molecule has 0 radical (unpaired) electrons. The number of benzene rings is 1. The molecule has 9 heteroatoms. The minimum Gasteiger partial charge on any atom is -0.497 e. The summed E-state index contributed by atoms with van der Waals surface area (Å²) in [7, 11) is -2.02. The quantitative estimate of drug-likeness (QED) is 0.696. The number of methoxy groups -OCH3 is 1. The van der Waals surface area contributed by atoms with E-state index in [1.807, 2.05) is 38.1 Å². The van der Waals surface area contributed by atoms with E-state index in [1.165, 1.54) is 6.33 Å². The lowest BCUT2D eigenvalue weighted by atomic mass is 10.0. The van der Waals surface area contributed by atoms with Gasteiger partial charge in [0.25, 0.3) is 5.16 Å². The van der Waals surface area contributed by atoms with Gasteiger partial charge in [-0.25, -0.2) is 18.2 Å². The summed E-state index contributed by atoms with van der Waals surface area (Å²) in [4.78, 5) is 18.7. The summed E-state index contributed by atoms with van der Waals surface area (Å²) in [6.07, 6.45) is 4.95. The molecule has 0 aliphatic heterocycles. The Hall–Kier alpha value is -2.42. The topological polar surface area (TPSA) is 94.4 Å². The van der Waals surface area contributed by atoms with Crippen molar-refractivity contribution in [3.63, 3.8) is 0 Å². The lowest BCUT2D eigenvalue weighted by molar-refractivity contribution is 0.177. The van der Waals surface area contributed by atoms with Crippen molar-refractivity contribution in [3.8, 4) is 5.75 Å². The monoisotopic (exact) mass is 432 g/mol. The third kappa shape index (κ3) is 3.82. The van der Waals surface area contributed by atoms with Gasteiger partial charge in [0.2, 0.25) is 9.84 Å². The van der Waals surface area contributed by atoms with E-state index >= 15 is 0 Å². The fourth-order valence-electron chi connectivity index (χ4n) is 4.70. The Labute approximate surface area is 177 Å². The van der Waals surface area contributed by atoms with Crippen LogP contribution in [-0.4, -0.2) is 52.5 Å². The van der Waals surface area contributed by atoms with Crippen molar-refractivity contribution in [2.24, 2.45) is 11.8 Å². The highest BCUT2D eigenvalue weighted by molar-refractivity contribution is 7.91. The van der Waals surface area contributed by atoms with Gasteiger partial charge in [-0.3, -0.25) is 0 Å². The molecule has 2 aliphatic carbocycles. The highest BCUT2D eigenvalue weighted by Gasteiger charge is 2.48.